The van der Waals surface area contributed by atoms with Crippen LogP contribution in [0.4, 0.5) is 4.39 Å². The van der Waals surface area contributed by atoms with Crippen molar-refractivity contribution in [2.24, 2.45) is 0 Å². The Bertz CT molecular complexity index is 516. The van der Waals surface area contributed by atoms with Gasteiger partial charge in [-0.1, -0.05) is 44.2 Å². The van der Waals surface area contributed by atoms with Crippen LogP contribution in [-0.4, -0.2) is 17.3 Å². The van der Waals surface area contributed by atoms with E-state index in [1.807, 2.05) is 32.2 Å². The monoisotopic (exact) mass is 289 g/mol. The maximum absolute atomic E-state index is 10.00. The van der Waals surface area contributed by atoms with Crippen molar-refractivity contribution >= 4 is 0 Å². The highest BCUT2D eigenvalue weighted by atomic mass is 19.1. The van der Waals surface area contributed by atoms with Crippen LogP contribution < -0.4 is 0 Å². The molecule has 1 aliphatic carbocycles. The minimum atomic E-state index is -0.326. The van der Waals surface area contributed by atoms with E-state index in [0.29, 0.717) is 13.1 Å². The zero-order valence-corrected chi connectivity index (χ0v) is 13.0. The number of benzene rings is 1. The zero-order valence-electron chi connectivity index (χ0n) is 13.0. The lowest BCUT2D eigenvalue weighted by Gasteiger charge is -2.28. The number of hydrogen-bond donors (Lipinski definition) is 1. The van der Waals surface area contributed by atoms with Crippen molar-refractivity contribution in [3.8, 4) is 0 Å². The summed E-state index contributed by atoms with van der Waals surface area (Å²) in [6.07, 6.45) is 5.15. The molecule has 114 valence electrons. The molecule has 1 N–H and O–H groups in total. The van der Waals surface area contributed by atoms with E-state index in [9.17, 15) is 9.50 Å². The lowest BCUT2D eigenvalue weighted by atomic mass is 9.79. The molecule has 1 heterocycles. The van der Waals surface area contributed by atoms with Gasteiger partial charge in [0.05, 0.1) is 13.3 Å². The van der Waals surface area contributed by atoms with E-state index in [-0.39, 0.29) is 6.10 Å². The van der Waals surface area contributed by atoms with E-state index in [4.69, 9.17) is 0 Å². The predicted octanol–water partition coefficient (Wildman–Crippen LogP) is 4.65. The summed E-state index contributed by atoms with van der Waals surface area (Å²) in [5.41, 5.74) is 3.53. The zero-order chi connectivity index (χ0) is 15.7. The van der Waals surface area contributed by atoms with Gasteiger partial charge in [0.2, 0.25) is 0 Å². The molecule has 0 amide bonds. The molecule has 1 aromatic heterocycles. The first kappa shape index (κ1) is 17.3. The quantitative estimate of drug-likeness (QED) is 0.828. The highest BCUT2D eigenvalue weighted by Crippen LogP contribution is 2.40. The van der Waals surface area contributed by atoms with Gasteiger partial charge in [0, 0.05) is 18.3 Å². The minimum absolute atomic E-state index is 0.326. The number of aromatic nitrogens is 1. The fourth-order valence-corrected chi connectivity index (χ4v) is 2.68. The van der Waals surface area contributed by atoms with Crippen molar-refractivity contribution in [2.45, 2.75) is 38.7 Å². The summed E-state index contributed by atoms with van der Waals surface area (Å²) >= 11 is 0. The second-order valence-electron chi connectivity index (χ2n) is 4.56. The van der Waals surface area contributed by atoms with Crippen LogP contribution in [-0.2, 0) is 0 Å². The van der Waals surface area contributed by atoms with Gasteiger partial charge in [0.1, 0.15) is 0 Å². The van der Waals surface area contributed by atoms with Crippen molar-refractivity contribution in [3.63, 3.8) is 0 Å². The Hall–Kier alpha value is -1.74. The molecular weight excluding hydrogens is 265 g/mol. The van der Waals surface area contributed by atoms with Gasteiger partial charge in [-0.2, -0.15) is 0 Å². The molecule has 3 heteroatoms. The molecule has 2 aromatic rings. The largest absolute Gasteiger partial charge is 0.388 e. The standard InChI is InChI=1S/C15H15NO.C2H6.CH3F/c17-15-7-6-12(11-4-2-1-3-5-11)14-10-16-9-8-13(14)15;2*1-2/h1-5,8-10,12,15,17H,6-7H2;1-2H3;1H3. The van der Waals surface area contributed by atoms with Gasteiger partial charge in [-0.05, 0) is 35.6 Å². The van der Waals surface area contributed by atoms with Gasteiger partial charge in [0.15, 0.2) is 0 Å². The second kappa shape index (κ2) is 9.24. The molecule has 21 heavy (non-hydrogen) atoms. The van der Waals surface area contributed by atoms with E-state index < -0.39 is 0 Å². The Balaban J connectivity index is 0.000000510. The van der Waals surface area contributed by atoms with Gasteiger partial charge < -0.3 is 5.11 Å². The smallest absolute Gasteiger partial charge is 0.0794 e. The molecule has 3 rings (SSSR count). The summed E-state index contributed by atoms with van der Waals surface area (Å²) in [5.74, 6) is 0.378. The Morgan fingerprint density at radius 3 is 2.33 bits per heavy atom. The van der Waals surface area contributed by atoms with E-state index in [1.165, 1.54) is 11.1 Å². The average molecular weight is 289 g/mol. The minimum Gasteiger partial charge on any atom is -0.388 e. The Morgan fingerprint density at radius 1 is 1.00 bits per heavy atom. The van der Waals surface area contributed by atoms with Crippen molar-refractivity contribution < 1.29 is 9.50 Å². The van der Waals surface area contributed by atoms with Crippen LogP contribution in [0.25, 0.3) is 0 Å². The molecule has 0 bridgehead atoms. The van der Waals surface area contributed by atoms with Gasteiger partial charge in [-0.15, -0.1) is 0 Å². The molecule has 2 atom stereocenters. The van der Waals surface area contributed by atoms with Crippen molar-refractivity contribution in [3.05, 3.63) is 65.5 Å². The van der Waals surface area contributed by atoms with Crippen LogP contribution in [0.1, 0.15) is 55.4 Å². The predicted molar refractivity (Wildman–Crippen MR) is 85.1 cm³/mol. The molecule has 1 aromatic carbocycles. The first-order valence-electron chi connectivity index (χ1n) is 7.41. The van der Waals surface area contributed by atoms with Gasteiger partial charge in [-0.3, -0.25) is 9.37 Å². The Labute approximate surface area is 126 Å². The first-order chi connectivity index (χ1) is 10.4. The topological polar surface area (TPSA) is 33.1 Å². The number of alkyl halides is 1. The Morgan fingerprint density at radius 2 is 1.67 bits per heavy atom. The summed E-state index contributed by atoms with van der Waals surface area (Å²) in [6, 6.07) is 12.4. The molecule has 0 aliphatic heterocycles. The van der Waals surface area contributed by atoms with Gasteiger partial charge >= 0.3 is 0 Å². The third-order valence-electron chi connectivity index (χ3n) is 3.55. The molecular formula is C18H24FNO. The summed E-state index contributed by atoms with van der Waals surface area (Å²) in [6.45, 7) is 4.00. The number of nitrogens with zero attached hydrogens (tertiary/aromatic N) is 1. The van der Waals surface area contributed by atoms with Crippen LogP contribution in [0, 0.1) is 0 Å². The summed E-state index contributed by atoms with van der Waals surface area (Å²) < 4.78 is 9.50. The number of halogens is 1. The lowest BCUT2D eigenvalue weighted by Crippen LogP contribution is -2.15. The van der Waals surface area contributed by atoms with Crippen LogP contribution >= 0.6 is 0 Å². The van der Waals surface area contributed by atoms with Crippen LogP contribution in [0.5, 0.6) is 0 Å². The third-order valence-corrected chi connectivity index (χ3v) is 3.55. The number of aliphatic hydroxyl groups excluding tert-OH is 1. The number of hydrogen-bond acceptors (Lipinski definition) is 2. The molecule has 0 radical (unpaired) electrons. The highest BCUT2D eigenvalue weighted by molar-refractivity contribution is 5.39. The number of pyridine rings is 1. The summed E-state index contributed by atoms with van der Waals surface area (Å²) in [7, 11) is 0.500. The Kier molecular flexibility index (Phi) is 7.62. The van der Waals surface area contributed by atoms with E-state index in [0.717, 1.165) is 18.4 Å². The molecule has 0 fully saturated rings. The SMILES string of the molecule is CC.CF.OC1CCC(c2ccccc2)c2cnccc21. The molecule has 0 saturated heterocycles. The van der Waals surface area contributed by atoms with Crippen molar-refractivity contribution in [2.75, 3.05) is 7.18 Å². The van der Waals surface area contributed by atoms with Crippen LogP contribution in [0.15, 0.2) is 48.8 Å². The molecule has 2 unspecified atom stereocenters. The number of rotatable bonds is 1. The van der Waals surface area contributed by atoms with E-state index >= 15 is 0 Å². The second-order valence-corrected chi connectivity index (χ2v) is 4.56. The van der Waals surface area contributed by atoms with E-state index in [2.05, 4.69) is 29.2 Å². The third kappa shape index (κ3) is 4.11. The van der Waals surface area contributed by atoms with Crippen molar-refractivity contribution in [1.29, 1.82) is 0 Å². The van der Waals surface area contributed by atoms with Gasteiger partial charge in [-0.25, -0.2) is 0 Å². The van der Waals surface area contributed by atoms with Crippen LogP contribution in [0.3, 0.4) is 0 Å². The maximum Gasteiger partial charge on any atom is 0.0794 e. The van der Waals surface area contributed by atoms with Crippen LogP contribution in [0.2, 0.25) is 0 Å². The van der Waals surface area contributed by atoms with Crippen molar-refractivity contribution in [1.82, 2.24) is 4.98 Å². The molecule has 0 saturated carbocycles. The normalized spacial score (nSPS) is 19.3. The first-order valence-corrected chi connectivity index (χ1v) is 7.41. The molecule has 2 nitrogen and oxygen atoms in total. The summed E-state index contributed by atoms with van der Waals surface area (Å²) in [5, 5.41) is 10.00. The van der Waals surface area contributed by atoms with Gasteiger partial charge in [0.25, 0.3) is 0 Å². The van der Waals surface area contributed by atoms with E-state index in [1.54, 1.807) is 6.20 Å². The number of aliphatic hydroxyl groups is 1. The highest BCUT2D eigenvalue weighted by Gasteiger charge is 2.26. The molecule has 1 aliphatic rings. The fourth-order valence-electron chi connectivity index (χ4n) is 2.68. The number of fused-ring (bicyclic) bond motifs is 1. The fraction of sp³-hybridized carbons (Fsp3) is 0.389. The average Bonchev–Trinajstić information content (AvgIpc) is 2.60. The lowest BCUT2D eigenvalue weighted by molar-refractivity contribution is 0.153. The summed E-state index contributed by atoms with van der Waals surface area (Å²) in [4.78, 5) is 4.20. The molecule has 0 spiro atoms. The maximum atomic E-state index is 10.00.